The van der Waals surface area contributed by atoms with Crippen molar-refractivity contribution in [3.8, 4) is 0 Å². The number of allylic oxidation sites excluding steroid dienone is 13. The van der Waals surface area contributed by atoms with Crippen LogP contribution >= 0.6 is 0 Å². The molecule has 77 heavy (non-hydrogen) atoms. The molecule has 2 atom stereocenters. The summed E-state index contributed by atoms with van der Waals surface area (Å²) in [5, 5.41) is 23.3. The number of carbonyl (C=O) groups excluding carboxylic acids is 1. The van der Waals surface area contributed by atoms with Crippen LogP contribution in [0.15, 0.2) is 85.1 Å². The molecule has 0 saturated carbocycles. The van der Waals surface area contributed by atoms with Gasteiger partial charge in [-0.1, -0.05) is 362 Å². The number of unbranched alkanes of at least 4 members (excludes halogenated alkanes) is 44. The number of hydrogen-bond acceptors (Lipinski definition) is 3. The highest BCUT2D eigenvalue weighted by molar-refractivity contribution is 5.76. The third-order valence-corrected chi connectivity index (χ3v) is 15.6. The van der Waals surface area contributed by atoms with Crippen molar-refractivity contribution in [3.05, 3.63) is 85.1 Å². The fourth-order valence-electron chi connectivity index (χ4n) is 10.5. The van der Waals surface area contributed by atoms with E-state index in [1.807, 2.05) is 6.08 Å². The van der Waals surface area contributed by atoms with Crippen molar-refractivity contribution in [3.63, 3.8) is 0 Å². The van der Waals surface area contributed by atoms with Crippen LogP contribution in [0, 0.1) is 0 Å². The van der Waals surface area contributed by atoms with Crippen molar-refractivity contribution < 1.29 is 15.0 Å². The SMILES string of the molecule is CC/C=C\C/C=C\C/C=C\C/C=C\C/C=C\C/C=C\CCCCCCCCCCCCCCCCCCCCCCC(=O)NC(CO)C(O)/C=C/CCCCCCCCCCCCCCCCCCCCCCCCCC. The minimum Gasteiger partial charge on any atom is -0.394 e. The summed E-state index contributed by atoms with van der Waals surface area (Å²) < 4.78 is 0. The first kappa shape index (κ1) is 74.6. The lowest BCUT2D eigenvalue weighted by Crippen LogP contribution is -2.45. The third-order valence-electron chi connectivity index (χ3n) is 15.6. The van der Waals surface area contributed by atoms with Gasteiger partial charge in [0, 0.05) is 6.42 Å². The Kier molecular flexibility index (Phi) is 65.7. The first-order chi connectivity index (χ1) is 38.2. The van der Waals surface area contributed by atoms with Gasteiger partial charge in [-0.3, -0.25) is 4.79 Å². The molecule has 0 aromatic heterocycles. The molecule has 4 nitrogen and oxygen atoms in total. The molecule has 0 spiro atoms. The molecule has 0 heterocycles. The molecule has 0 aliphatic rings. The number of rotatable bonds is 63. The number of aliphatic hydroxyl groups excluding tert-OH is 2. The zero-order chi connectivity index (χ0) is 55.5. The topological polar surface area (TPSA) is 69.6 Å². The molecule has 0 radical (unpaired) electrons. The van der Waals surface area contributed by atoms with E-state index in [-0.39, 0.29) is 12.5 Å². The van der Waals surface area contributed by atoms with Crippen LogP contribution in [0.25, 0.3) is 0 Å². The van der Waals surface area contributed by atoms with Crippen molar-refractivity contribution in [2.75, 3.05) is 6.61 Å². The minimum atomic E-state index is -0.842. The molecule has 2 unspecified atom stereocenters. The largest absolute Gasteiger partial charge is 0.394 e. The molecule has 0 bridgehead atoms. The first-order valence-corrected chi connectivity index (χ1v) is 34.3. The molecule has 0 rings (SSSR count). The second-order valence-electron chi connectivity index (χ2n) is 23.2. The lowest BCUT2D eigenvalue weighted by atomic mass is 10.0. The molecule has 448 valence electrons. The van der Waals surface area contributed by atoms with Crippen molar-refractivity contribution in [2.45, 2.75) is 366 Å². The summed E-state index contributed by atoms with van der Waals surface area (Å²) in [7, 11) is 0. The Morgan fingerprint density at radius 3 is 0.857 bits per heavy atom. The van der Waals surface area contributed by atoms with E-state index >= 15 is 0 Å². The molecule has 0 saturated heterocycles. The van der Waals surface area contributed by atoms with Gasteiger partial charge in [-0.15, -0.1) is 0 Å². The summed E-state index contributed by atoms with van der Waals surface area (Å²) in [4.78, 5) is 12.5. The average Bonchev–Trinajstić information content (AvgIpc) is 3.43. The summed E-state index contributed by atoms with van der Waals surface area (Å²) in [6.45, 7) is 4.23. The predicted octanol–water partition coefficient (Wildman–Crippen LogP) is 23.4. The lowest BCUT2D eigenvalue weighted by molar-refractivity contribution is -0.123. The summed E-state index contributed by atoms with van der Waals surface area (Å²) in [5.74, 6) is -0.0591. The van der Waals surface area contributed by atoms with E-state index in [0.717, 1.165) is 64.2 Å². The van der Waals surface area contributed by atoms with E-state index in [1.165, 1.54) is 270 Å². The van der Waals surface area contributed by atoms with E-state index in [4.69, 9.17) is 0 Å². The smallest absolute Gasteiger partial charge is 0.220 e. The Morgan fingerprint density at radius 2 is 0.571 bits per heavy atom. The Labute approximate surface area is 481 Å². The average molecular weight is 1070 g/mol. The normalized spacial score (nSPS) is 13.2. The zero-order valence-electron chi connectivity index (χ0n) is 51.7. The van der Waals surface area contributed by atoms with E-state index in [9.17, 15) is 15.0 Å². The maximum atomic E-state index is 12.5. The molecule has 4 heteroatoms. The summed E-state index contributed by atoms with van der Waals surface area (Å²) in [6.07, 6.45) is 99.5. The Bertz CT molecular complexity index is 1360. The van der Waals surface area contributed by atoms with Gasteiger partial charge in [0.15, 0.2) is 0 Å². The van der Waals surface area contributed by atoms with E-state index in [2.05, 4.69) is 92.1 Å². The van der Waals surface area contributed by atoms with E-state index < -0.39 is 12.1 Å². The van der Waals surface area contributed by atoms with Crippen LogP contribution in [0.4, 0.5) is 0 Å². The maximum absolute atomic E-state index is 12.5. The van der Waals surface area contributed by atoms with Gasteiger partial charge in [-0.25, -0.2) is 0 Å². The minimum absolute atomic E-state index is 0.0591. The van der Waals surface area contributed by atoms with Crippen LogP contribution < -0.4 is 5.32 Å². The number of amides is 1. The molecular weight excluding hydrogens is 939 g/mol. The monoisotopic (exact) mass is 1070 g/mol. The highest BCUT2D eigenvalue weighted by Gasteiger charge is 2.18. The van der Waals surface area contributed by atoms with Crippen molar-refractivity contribution in [2.24, 2.45) is 0 Å². The van der Waals surface area contributed by atoms with Gasteiger partial charge < -0.3 is 15.5 Å². The third kappa shape index (κ3) is 64.3. The molecule has 3 N–H and O–H groups in total. The molecular formula is C73H133NO3. The second kappa shape index (κ2) is 67.8. The van der Waals surface area contributed by atoms with Gasteiger partial charge in [0.1, 0.15) is 0 Å². The summed E-state index contributed by atoms with van der Waals surface area (Å²) >= 11 is 0. The number of hydrogen-bond donors (Lipinski definition) is 3. The maximum Gasteiger partial charge on any atom is 0.220 e. The van der Waals surface area contributed by atoms with Gasteiger partial charge >= 0.3 is 0 Å². The van der Waals surface area contributed by atoms with Gasteiger partial charge in [-0.2, -0.15) is 0 Å². The van der Waals surface area contributed by atoms with Crippen LogP contribution in [0.5, 0.6) is 0 Å². The predicted molar refractivity (Wildman–Crippen MR) is 345 cm³/mol. The standard InChI is InChI=1S/C73H133NO3/c1-3-5-7-9-11-13-15-17-19-21-23-25-27-29-31-32-33-34-35-36-37-38-39-40-41-42-43-45-47-49-51-53-55-57-59-61-63-65-67-69-73(77)74-71(70-75)72(76)68-66-64-62-60-58-56-54-52-50-48-46-44-30-28-26-24-22-20-18-16-14-12-10-8-6-4-2/h5,7,11,13,17,19,23,25,29,31,33-34,66,68,71-72,75-76H,3-4,6,8-10,12,14-16,18,20-22,24,26-28,30,32,35-65,67,69-70H2,1-2H3,(H,74,77)/b7-5-,13-11-,19-17-,25-23-,31-29-,34-33-,68-66+. The van der Waals surface area contributed by atoms with Gasteiger partial charge in [0.05, 0.1) is 18.8 Å². The quantitative estimate of drug-likeness (QED) is 0.0420. The number of nitrogens with one attached hydrogen (secondary N) is 1. The second-order valence-corrected chi connectivity index (χ2v) is 23.2. The van der Waals surface area contributed by atoms with Crippen molar-refractivity contribution >= 4 is 5.91 Å². The van der Waals surface area contributed by atoms with Crippen molar-refractivity contribution in [1.82, 2.24) is 5.32 Å². The van der Waals surface area contributed by atoms with Gasteiger partial charge in [-0.05, 0) is 70.6 Å². The first-order valence-electron chi connectivity index (χ1n) is 34.3. The van der Waals surface area contributed by atoms with Crippen LogP contribution in [0.2, 0.25) is 0 Å². The van der Waals surface area contributed by atoms with Crippen molar-refractivity contribution in [1.29, 1.82) is 0 Å². The molecule has 0 aliphatic heterocycles. The lowest BCUT2D eigenvalue weighted by Gasteiger charge is -2.20. The Morgan fingerprint density at radius 1 is 0.325 bits per heavy atom. The summed E-state index contributed by atoms with van der Waals surface area (Å²) in [5.41, 5.74) is 0. The molecule has 1 amide bonds. The van der Waals surface area contributed by atoms with Crippen LogP contribution in [-0.2, 0) is 4.79 Å². The highest BCUT2D eigenvalue weighted by atomic mass is 16.3. The number of aliphatic hydroxyl groups is 2. The Balaban J connectivity index is 3.45. The van der Waals surface area contributed by atoms with Gasteiger partial charge in [0.2, 0.25) is 5.91 Å². The van der Waals surface area contributed by atoms with E-state index in [0.29, 0.717) is 6.42 Å². The molecule has 0 aromatic carbocycles. The zero-order valence-corrected chi connectivity index (χ0v) is 51.7. The number of carbonyl (C=O) groups is 1. The van der Waals surface area contributed by atoms with Gasteiger partial charge in [0.25, 0.3) is 0 Å². The Hall–Kier alpha value is -2.43. The van der Waals surface area contributed by atoms with E-state index in [1.54, 1.807) is 6.08 Å². The fraction of sp³-hybridized carbons (Fsp3) is 0.795. The summed E-state index contributed by atoms with van der Waals surface area (Å²) in [6, 6.07) is -0.625. The molecule has 0 aromatic rings. The highest BCUT2D eigenvalue weighted by Crippen LogP contribution is 2.18. The van der Waals surface area contributed by atoms with Crippen LogP contribution in [-0.4, -0.2) is 34.9 Å². The van der Waals surface area contributed by atoms with Crippen LogP contribution in [0.1, 0.15) is 354 Å². The fourth-order valence-corrected chi connectivity index (χ4v) is 10.5. The molecule has 0 aliphatic carbocycles. The molecule has 0 fully saturated rings. The van der Waals surface area contributed by atoms with Crippen LogP contribution in [0.3, 0.4) is 0 Å².